The van der Waals surface area contributed by atoms with Gasteiger partial charge in [-0.3, -0.25) is 4.99 Å². The van der Waals surface area contributed by atoms with E-state index in [0.717, 1.165) is 36.4 Å². The van der Waals surface area contributed by atoms with Gasteiger partial charge in [-0.15, -0.1) is 0 Å². The van der Waals surface area contributed by atoms with Crippen LogP contribution in [0.25, 0.3) is 0 Å². The summed E-state index contributed by atoms with van der Waals surface area (Å²) in [5, 5.41) is 3.35. The molecule has 0 aromatic heterocycles. The molecule has 35 heavy (non-hydrogen) atoms. The molecular weight excluding hydrogens is 438 g/mol. The molecule has 0 saturated heterocycles. The van der Waals surface area contributed by atoms with Gasteiger partial charge in [-0.1, -0.05) is 48.5 Å². The quantitative estimate of drug-likeness (QED) is 0.155. The van der Waals surface area contributed by atoms with Gasteiger partial charge in [0.05, 0.1) is 12.3 Å². The predicted octanol–water partition coefficient (Wildman–Crippen LogP) is 6.96. The van der Waals surface area contributed by atoms with Crippen LogP contribution in [-0.4, -0.2) is 29.9 Å². The Labute approximate surface area is 216 Å². The number of hydrogen-bond acceptors (Lipinski definition) is 6. The van der Waals surface area contributed by atoms with Crippen LogP contribution >= 0.6 is 0 Å². The molecule has 2 unspecified atom stereocenters. The van der Waals surface area contributed by atoms with Crippen LogP contribution < -0.4 is 11.1 Å². The van der Waals surface area contributed by atoms with Crippen LogP contribution in [-0.2, 0) is 14.3 Å². The van der Waals surface area contributed by atoms with Crippen LogP contribution in [0.3, 0.4) is 0 Å². The fourth-order valence-electron chi connectivity index (χ4n) is 3.84. The van der Waals surface area contributed by atoms with Crippen LogP contribution in [0.15, 0.2) is 28.3 Å². The van der Waals surface area contributed by atoms with E-state index in [-0.39, 0.29) is 28.8 Å². The first kappa shape index (κ1) is 33.0. The van der Waals surface area contributed by atoms with E-state index < -0.39 is 6.04 Å². The number of nitrogens with two attached hydrogens (primary N) is 1. The van der Waals surface area contributed by atoms with Crippen LogP contribution in [0.1, 0.15) is 109 Å². The molecular formula is C29H55N3O3. The van der Waals surface area contributed by atoms with Gasteiger partial charge in [-0.2, -0.15) is 0 Å². The minimum Gasteiger partial charge on any atom is -0.474 e. The Hall–Kier alpha value is -1.98. The van der Waals surface area contributed by atoms with E-state index in [0.29, 0.717) is 18.4 Å². The van der Waals surface area contributed by atoms with E-state index in [1.807, 2.05) is 61.5 Å². The number of nitrogens with one attached hydrogen (secondary N) is 1. The Balaban J connectivity index is 5.88. The van der Waals surface area contributed by atoms with E-state index in [9.17, 15) is 4.79 Å². The SMILES string of the molecule is C/C=C(/N[C@H](C(=O)OCC(C)C)C(C)CC(C)(C)CC(=N/C(C)=C(/C)N)C(C)CC)OC(C)(C)C. The standard InChI is InChI=1S/C29H55N3O3/c1-14-20(5)24(31-23(8)22(7)30)17-29(12,13)16-21(6)26(27(33)34-18-19(3)4)32-25(15-2)35-28(9,10)11/h15,19-21,26,32H,14,16-18,30H2,1-13H3/b23-22-,25-15-,31-24?/t20?,21?,26-/m0/s1. The van der Waals surface area contributed by atoms with Crippen LogP contribution in [0, 0.1) is 23.2 Å². The van der Waals surface area contributed by atoms with E-state index >= 15 is 0 Å². The molecule has 0 bridgehead atoms. The molecule has 6 heteroatoms. The van der Waals surface area contributed by atoms with Gasteiger partial charge >= 0.3 is 5.97 Å². The van der Waals surface area contributed by atoms with Crippen molar-refractivity contribution in [3.8, 4) is 0 Å². The second-order valence-corrected chi connectivity index (χ2v) is 12.2. The van der Waals surface area contributed by atoms with E-state index in [4.69, 9.17) is 20.2 Å². The van der Waals surface area contributed by atoms with E-state index in [2.05, 4.69) is 39.9 Å². The molecule has 0 rings (SSSR count). The number of esters is 1. The summed E-state index contributed by atoms with van der Waals surface area (Å²) in [6.45, 7) is 27.2. The number of allylic oxidation sites excluding steroid dienone is 3. The van der Waals surface area contributed by atoms with Crippen molar-refractivity contribution in [1.29, 1.82) is 0 Å². The average molecular weight is 494 g/mol. The summed E-state index contributed by atoms with van der Waals surface area (Å²) >= 11 is 0. The summed E-state index contributed by atoms with van der Waals surface area (Å²) in [5.74, 6) is 0.990. The molecule has 0 aliphatic carbocycles. The highest BCUT2D eigenvalue weighted by atomic mass is 16.5. The second kappa shape index (κ2) is 14.5. The highest BCUT2D eigenvalue weighted by molar-refractivity contribution is 5.88. The first-order valence-corrected chi connectivity index (χ1v) is 13.2. The van der Waals surface area contributed by atoms with E-state index in [1.165, 1.54) is 0 Å². The molecule has 204 valence electrons. The lowest BCUT2D eigenvalue weighted by atomic mass is 9.75. The zero-order chi connectivity index (χ0) is 27.6. The smallest absolute Gasteiger partial charge is 0.328 e. The average Bonchev–Trinajstić information content (AvgIpc) is 2.71. The largest absolute Gasteiger partial charge is 0.474 e. The van der Waals surface area contributed by atoms with Crippen molar-refractivity contribution in [2.24, 2.45) is 33.9 Å². The molecule has 0 aromatic carbocycles. The van der Waals surface area contributed by atoms with Gasteiger partial charge in [-0.05, 0) is 90.0 Å². The Kier molecular flexibility index (Phi) is 13.7. The van der Waals surface area contributed by atoms with Crippen LogP contribution in [0.4, 0.5) is 0 Å². The molecule has 0 aliphatic heterocycles. The lowest BCUT2D eigenvalue weighted by molar-refractivity contribution is -0.149. The van der Waals surface area contributed by atoms with Crippen molar-refractivity contribution in [2.45, 2.75) is 121 Å². The summed E-state index contributed by atoms with van der Waals surface area (Å²) in [6, 6.07) is -0.515. The Bertz CT molecular complexity index is 754. The number of nitrogens with zero attached hydrogens (tertiary/aromatic N) is 1. The van der Waals surface area contributed by atoms with Gasteiger partial charge in [0.2, 0.25) is 0 Å². The van der Waals surface area contributed by atoms with Crippen molar-refractivity contribution in [1.82, 2.24) is 5.32 Å². The number of aliphatic imine (C=N–C) groups is 1. The number of carbonyl (C=O) groups excluding carboxylic acids is 1. The van der Waals surface area contributed by atoms with Gasteiger partial charge < -0.3 is 20.5 Å². The summed E-state index contributed by atoms with van der Waals surface area (Å²) in [5.41, 5.74) is 8.31. The third-order valence-electron chi connectivity index (χ3n) is 5.96. The number of rotatable bonds is 14. The highest BCUT2D eigenvalue weighted by Crippen LogP contribution is 2.34. The fraction of sp³-hybridized carbons (Fsp3) is 0.793. The van der Waals surface area contributed by atoms with Crippen molar-refractivity contribution in [3.63, 3.8) is 0 Å². The lowest BCUT2D eigenvalue weighted by Crippen LogP contribution is -2.45. The minimum atomic E-state index is -0.515. The Morgan fingerprint density at radius 1 is 1.09 bits per heavy atom. The van der Waals surface area contributed by atoms with Crippen molar-refractivity contribution < 1.29 is 14.3 Å². The summed E-state index contributed by atoms with van der Waals surface area (Å²) in [6.07, 6.45) is 4.53. The maximum atomic E-state index is 13.2. The van der Waals surface area contributed by atoms with Gasteiger partial charge in [0, 0.05) is 11.4 Å². The maximum Gasteiger partial charge on any atom is 0.328 e. The topological polar surface area (TPSA) is 85.9 Å². The highest BCUT2D eigenvalue weighted by Gasteiger charge is 2.34. The summed E-state index contributed by atoms with van der Waals surface area (Å²) in [7, 11) is 0. The molecule has 3 atom stereocenters. The van der Waals surface area contributed by atoms with Crippen LogP contribution in [0.2, 0.25) is 0 Å². The number of hydrogen-bond donors (Lipinski definition) is 2. The Morgan fingerprint density at radius 3 is 2.09 bits per heavy atom. The summed E-state index contributed by atoms with van der Waals surface area (Å²) in [4.78, 5) is 18.1. The van der Waals surface area contributed by atoms with Crippen molar-refractivity contribution >= 4 is 11.7 Å². The molecule has 0 spiro atoms. The van der Waals surface area contributed by atoms with Crippen molar-refractivity contribution in [3.05, 3.63) is 23.4 Å². The fourth-order valence-corrected chi connectivity index (χ4v) is 3.84. The predicted molar refractivity (Wildman–Crippen MR) is 149 cm³/mol. The van der Waals surface area contributed by atoms with Gasteiger partial charge in [0.1, 0.15) is 11.6 Å². The van der Waals surface area contributed by atoms with Gasteiger partial charge in [0.15, 0.2) is 5.88 Å². The second-order valence-electron chi connectivity index (χ2n) is 12.2. The molecule has 0 radical (unpaired) electrons. The maximum absolute atomic E-state index is 13.2. The zero-order valence-corrected chi connectivity index (χ0v) is 25.0. The molecule has 3 N–H and O–H groups in total. The minimum absolute atomic E-state index is 0.00856. The molecule has 0 aromatic rings. The normalized spacial score (nSPS) is 17.0. The number of carbonyl (C=O) groups is 1. The van der Waals surface area contributed by atoms with E-state index in [1.54, 1.807) is 0 Å². The van der Waals surface area contributed by atoms with Crippen molar-refractivity contribution in [2.75, 3.05) is 6.61 Å². The molecule has 0 aliphatic rings. The number of ether oxygens (including phenoxy) is 2. The molecule has 0 heterocycles. The summed E-state index contributed by atoms with van der Waals surface area (Å²) < 4.78 is 11.7. The zero-order valence-electron chi connectivity index (χ0n) is 25.0. The molecule has 0 amide bonds. The van der Waals surface area contributed by atoms with Crippen LogP contribution in [0.5, 0.6) is 0 Å². The monoisotopic (exact) mass is 493 g/mol. The third-order valence-corrected chi connectivity index (χ3v) is 5.96. The lowest BCUT2D eigenvalue weighted by Gasteiger charge is -2.34. The van der Waals surface area contributed by atoms with Gasteiger partial charge in [-0.25, -0.2) is 4.79 Å². The first-order chi connectivity index (χ1) is 15.9. The Morgan fingerprint density at radius 2 is 1.66 bits per heavy atom. The third kappa shape index (κ3) is 13.6. The van der Waals surface area contributed by atoms with Gasteiger partial charge in [0.25, 0.3) is 0 Å². The molecule has 0 fully saturated rings. The molecule has 6 nitrogen and oxygen atoms in total. The molecule has 0 saturated carbocycles. The first-order valence-electron chi connectivity index (χ1n) is 13.2.